The summed E-state index contributed by atoms with van der Waals surface area (Å²) in [4.78, 5) is 16.0. The summed E-state index contributed by atoms with van der Waals surface area (Å²) in [6, 6.07) is 14.9. The van der Waals surface area contributed by atoms with Crippen LogP contribution in [0.15, 0.2) is 60.6 Å². The van der Waals surface area contributed by atoms with Crippen LogP contribution >= 0.6 is 23.2 Å². The Bertz CT molecular complexity index is 1250. The molecule has 0 bridgehead atoms. The van der Waals surface area contributed by atoms with Gasteiger partial charge in [-0.1, -0.05) is 53.5 Å². The van der Waals surface area contributed by atoms with Gasteiger partial charge in [0, 0.05) is 37.3 Å². The quantitative estimate of drug-likeness (QED) is 0.333. The number of piperidine rings is 1. The highest BCUT2D eigenvalue weighted by molar-refractivity contribution is 6.42. The van der Waals surface area contributed by atoms with E-state index in [9.17, 15) is 0 Å². The van der Waals surface area contributed by atoms with Crippen LogP contribution in [0.5, 0.6) is 0 Å². The van der Waals surface area contributed by atoms with Gasteiger partial charge in [0.2, 0.25) is 24.6 Å². The molecule has 37 heavy (non-hydrogen) atoms. The van der Waals surface area contributed by atoms with Crippen LogP contribution in [-0.2, 0) is 15.9 Å². The Hall–Kier alpha value is -3.31. The Kier molecular flexibility index (Phi) is 7.80. The molecule has 3 aromatic rings. The predicted octanol–water partition coefficient (Wildman–Crippen LogP) is 3.66. The van der Waals surface area contributed by atoms with Gasteiger partial charge >= 0.3 is 0 Å². The van der Waals surface area contributed by atoms with Crippen molar-refractivity contribution in [1.29, 1.82) is 0 Å². The van der Waals surface area contributed by atoms with E-state index in [2.05, 4.69) is 32.7 Å². The third kappa shape index (κ3) is 6.53. The van der Waals surface area contributed by atoms with E-state index >= 15 is 0 Å². The van der Waals surface area contributed by atoms with E-state index in [1.54, 1.807) is 24.5 Å². The molecule has 1 unspecified atom stereocenters. The van der Waals surface area contributed by atoms with Gasteiger partial charge in [-0.05, 0) is 30.2 Å². The minimum atomic E-state index is -0.274. The lowest BCUT2D eigenvalue weighted by molar-refractivity contribution is 0.0764. The summed E-state index contributed by atoms with van der Waals surface area (Å²) in [5, 5.41) is 7.48. The predicted molar refractivity (Wildman–Crippen MR) is 145 cm³/mol. The first-order valence-electron chi connectivity index (χ1n) is 11.9. The summed E-state index contributed by atoms with van der Waals surface area (Å²) in [5.74, 6) is 1.81. The fraction of sp³-hybridized carbons (Fsp3) is 0.320. The zero-order chi connectivity index (χ0) is 25.8. The average Bonchev–Trinajstić information content (AvgIpc) is 3.41. The van der Waals surface area contributed by atoms with E-state index in [0.717, 1.165) is 12.0 Å². The van der Waals surface area contributed by atoms with Gasteiger partial charge in [-0.25, -0.2) is 0 Å². The van der Waals surface area contributed by atoms with E-state index in [0.29, 0.717) is 58.8 Å². The lowest BCUT2D eigenvalue weighted by Crippen LogP contribution is -2.53. The fourth-order valence-electron chi connectivity index (χ4n) is 4.33. The average molecular weight is 543 g/mol. The Morgan fingerprint density at radius 3 is 2.43 bits per heavy atom. The van der Waals surface area contributed by atoms with Crippen molar-refractivity contribution in [2.45, 2.75) is 31.0 Å². The first-order valence-corrected chi connectivity index (χ1v) is 12.7. The summed E-state index contributed by atoms with van der Waals surface area (Å²) < 4.78 is 11.0. The molecule has 3 heterocycles. The first-order chi connectivity index (χ1) is 17.9. The van der Waals surface area contributed by atoms with Crippen LogP contribution in [0.1, 0.15) is 12.0 Å². The van der Waals surface area contributed by atoms with Gasteiger partial charge in [-0.15, -0.1) is 0 Å². The van der Waals surface area contributed by atoms with Gasteiger partial charge in [0.1, 0.15) is 6.26 Å². The van der Waals surface area contributed by atoms with E-state index in [1.165, 1.54) is 0 Å². The van der Waals surface area contributed by atoms with Crippen LogP contribution in [0.4, 0.5) is 23.5 Å². The van der Waals surface area contributed by atoms with Crippen LogP contribution < -0.4 is 27.0 Å². The van der Waals surface area contributed by atoms with Gasteiger partial charge in [0.15, 0.2) is 5.76 Å². The molecule has 1 saturated heterocycles. The molecule has 2 aromatic carbocycles. The van der Waals surface area contributed by atoms with Crippen LogP contribution in [0.25, 0.3) is 0 Å². The molecule has 0 radical (unpaired) electrons. The molecular weight excluding hydrogens is 515 g/mol. The van der Waals surface area contributed by atoms with E-state index < -0.39 is 0 Å². The molecule has 5 rings (SSSR count). The highest BCUT2D eigenvalue weighted by Gasteiger charge is 2.27. The van der Waals surface area contributed by atoms with Crippen LogP contribution in [0.3, 0.4) is 0 Å². The molecule has 6 N–H and O–H groups in total. The zero-order valence-electron chi connectivity index (χ0n) is 20.0. The van der Waals surface area contributed by atoms with Crippen molar-refractivity contribution >= 4 is 46.7 Å². The molecule has 0 saturated carbocycles. The second kappa shape index (κ2) is 11.4. The van der Waals surface area contributed by atoms with Gasteiger partial charge < -0.3 is 36.5 Å². The molecule has 1 aromatic heterocycles. The van der Waals surface area contributed by atoms with Crippen molar-refractivity contribution in [3.63, 3.8) is 0 Å². The number of nitrogens with two attached hydrogens (primary N) is 2. The molecule has 0 spiro atoms. The minimum Gasteiger partial charge on any atom is -0.462 e. The Morgan fingerprint density at radius 1 is 0.973 bits per heavy atom. The van der Waals surface area contributed by atoms with Crippen LogP contribution in [0.2, 0.25) is 10.0 Å². The number of ether oxygens (including phenoxy) is 2. The lowest BCUT2D eigenvalue weighted by Gasteiger charge is -2.34. The minimum absolute atomic E-state index is 0.0802. The number of hydrogen-bond donors (Lipinski definition) is 4. The normalized spacial score (nSPS) is 20.0. The molecule has 1 fully saturated rings. The highest BCUT2D eigenvalue weighted by atomic mass is 35.5. The molecular formula is C25H28Cl2N8O2. The maximum atomic E-state index is 6.24. The summed E-state index contributed by atoms with van der Waals surface area (Å²) in [6.07, 6.45) is 2.98. The Balaban J connectivity index is 1.47. The smallest absolute Gasteiger partial charge is 0.233 e. The molecule has 3 atom stereocenters. The standard InChI is InChI=1S/C25H28Cl2N8O2/c26-19-7-6-18(10-20(19)27)30-23-32-24(34-25(33-23)35-11-16(28)9-17(29)12-35)31-21(22-13-36-14-37-22)8-15-4-2-1-3-5-15/h1-7,10,13,16-17,21H,8-9,11-12,14,28-29H2,(H2,30,31,32,33,34)/t16-,17+,21?. The number of benzene rings is 2. The van der Waals surface area contributed by atoms with E-state index in [4.69, 9.17) is 49.1 Å². The first kappa shape index (κ1) is 25.3. The van der Waals surface area contributed by atoms with Gasteiger partial charge in [0.25, 0.3) is 0 Å². The molecule has 2 aliphatic heterocycles. The van der Waals surface area contributed by atoms with E-state index in [-0.39, 0.29) is 24.9 Å². The number of aromatic nitrogens is 3. The van der Waals surface area contributed by atoms with Crippen molar-refractivity contribution in [3.05, 3.63) is 76.2 Å². The number of nitrogens with zero attached hydrogens (tertiary/aromatic N) is 4. The maximum Gasteiger partial charge on any atom is 0.233 e. The molecule has 0 aliphatic carbocycles. The van der Waals surface area contributed by atoms with Crippen molar-refractivity contribution < 1.29 is 9.47 Å². The third-order valence-electron chi connectivity index (χ3n) is 6.02. The highest BCUT2D eigenvalue weighted by Crippen LogP contribution is 2.28. The fourth-order valence-corrected chi connectivity index (χ4v) is 4.63. The topological polar surface area (TPSA) is 136 Å². The molecule has 12 heteroatoms. The number of anilines is 4. The second-order valence-electron chi connectivity index (χ2n) is 9.03. The number of rotatable bonds is 8. The third-order valence-corrected chi connectivity index (χ3v) is 6.76. The van der Waals surface area contributed by atoms with Crippen LogP contribution in [0, 0.1) is 0 Å². The van der Waals surface area contributed by atoms with Crippen molar-refractivity contribution in [1.82, 2.24) is 15.0 Å². The zero-order valence-corrected chi connectivity index (χ0v) is 21.5. The molecule has 2 aliphatic rings. The summed E-state index contributed by atoms with van der Waals surface area (Å²) in [6.45, 7) is 1.33. The van der Waals surface area contributed by atoms with Crippen molar-refractivity contribution in [2.24, 2.45) is 11.5 Å². The summed E-state index contributed by atoms with van der Waals surface area (Å²) in [7, 11) is 0. The van der Waals surface area contributed by atoms with Crippen molar-refractivity contribution in [3.8, 4) is 0 Å². The maximum absolute atomic E-state index is 6.24. The molecule has 0 amide bonds. The van der Waals surface area contributed by atoms with Crippen LogP contribution in [-0.4, -0.2) is 53.0 Å². The number of hydrogen-bond acceptors (Lipinski definition) is 10. The summed E-state index contributed by atoms with van der Waals surface area (Å²) >= 11 is 12.3. The van der Waals surface area contributed by atoms with Gasteiger partial charge in [0.05, 0.1) is 16.1 Å². The van der Waals surface area contributed by atoms with Gasteiger partial charge in [-0.2, -0.15) is 15.0 Å². The number of halogens is 2. The number of nitrogens with one attached hydrogen (secondary N) is 2. The monoisotopic (exact) mass is 542 g/mol. The van der Waals surface area contributed by atoms with Crippen molar-refractivity contribution in [2.75, 3.05) is 35.4 Å². The van der Waals surface area contributed by atoms with E-state index in [1.807, 2.05) is 23.1 Å². The Labute approximate surface area is 225 Å². The second-order valence-corrected chi connectivity index (χ2v) is 9.85. The molecule has 194 valence electrons. The lowest BCUT2D eigenvalue weighted by atomic mass is 10.0. The van der Waals surface area contributed by atoms with Gasteiger partial charge in [-0.3, -0.25) is 0 Å². The Morgan fingerprint density at radius 2 is 1.73 bits per heavy atom. The largest absolute Gasteiger partial charge is 0.462 e. The SMILES string of the molecule is N[C@@H]1C[C@H](N)CN(c2nc(Nc3ccc(Cl)c(Cl)c3)nc(NC(Cc3ccccc3)C3=COCO3)n2)C1. The molecule has 10 nitrogen and oxygen atoms in total. The summed E-state index contributed by atoms with van der Waals surface area (Å²) in [5.41, 5.74) is 14.3.